The Balaban J connectivity index is -0.000000196. The first-order valence-electron chi connectivity index (χ1n) is 6.05. The largest absolute Gasteiger partial charge is 2.00 e. The Hall–Kier alpha value is 1.02. The molecule has 17 heavy (non-hydrogen) atoms. The third-order valence-corrected chi connectivity index (χ3v) is 3.12. The van der Waals surface area contributed by atoms with Gasteiger partial charge in [-0.15, -0.1) is 26.2 Å². The maximum absolute atomic E-state index is 4.23. The van der Waals surface area contributed by atoms with E-state index in [4.69, 9.17) is 0 Å². The number of piperidine rings is 2. The van der Waals surface area contributed by atoms with Crippen LogP contribution in [0.1, 0.15) is 39.5 Å². The zero-order valence-corrected chi connectivity index (χ0v) is 13.2. The quantitative estimate of drug-likeness (QED) is 0.443. The Labute approximate surface area is 130 Å². The van der Waals surface area contributed by atoms with Crippen LogP contribution in [0.25, 0.3) is 10.6 Å². The predicted molar refractivity (Wildman–Crippen MR) is 63.0 cm³/mol. The molecule has 0 aliphatic carbocycles. The topological polar surface area (TPSA) is 28.2 Å². The first kappa shape index (κ1) is 23.1. The fraction of sp³-hybridized carbons (Fsp3) is 1.00. The van der Waals surface area contributed by atoms with Crippen molar-refractivity contribution < 1.29 is 41.9 Å². The maximum atomic E-state index is 4.23. The van der Waals surface area contributed by atoms with Gasteiger partial charge >= 0.3 is 17.1 Å². The van der Waals surface area contributed by atoms with Crippen molar-refractivity contribution in [1.82, 2.24) is 0 Å². The van der Waals surface area contributed by atoms with E-state index in [1.165, 1.54) is 25.7 Å². The smallest absolute Gasteiger partial charge is 1.00 e. The van der Waals surface area contributed by atoms with E-state index in [1.54, 1.807) is 0 Å². The van der Waals surface area contributed by atoms with E-state index in [0.29, 0.717) is 0 Å². The molecule has 0 saturated carbocycles. The Morgan fingerprint density at radius 3 is 1.00 bits per heavy atom. The summed E-state index contributed by atoms with van der Waals surface area (Å²) in [7, 11) is 0. The van der Waals surface area contributed by atoms with Crippen LogP contribution in [-0.4, -0.2) is 26.2 Å². The fourth-order valence-electron chi connectivity index (χ4n) is 1.76. The van der Waals surface area contributed by atoms with Crippen molar-refractivity contribution >= 4 is 0 Å². The molecule has 0 spiro atoms. The van der Waals surface area contributed by atoms with Crippen molar-refractivity contribution in [2.45, 2.75) is 39.5 Å². The minimum absolute atomic E-state index is 0. The van der Waals surface area contributed by atoms with Gasteiger partial charge in [0.05, 0.1) is 0 Å². The molecule has 0 aromatic heterocycles. The van der Waals surface area contributed by atoms with E-state index >= 15 is 0 Å². The van der Waals surface area contributed by atoms with Crippen LogP contribution in [-0.2, 0) is 17.1 Å². The van der Waals surface area contributed by atoms with Crippen LogP contribution < -0.4 is 24.8 Å². The van der Waals surface area contributed by atoms with Crippen molar-refractivity contribution in [3.8, 4) is 0 Å². The molecule has 5 heteroatoms. The van der Waals surface area contributed by atoms with E-state index in [2.05, 4.69) is 24.5 Å². The van der Waals surface area contributed by atoms with Gasteiger partial charge in [0.2, 0.25) is 0 Å². The minimum Gasteiger partial charge on any atom is -1.00 e. The van der Waals surface area contributed by atoms with Crippen LogP contribution >= 0.6 is 0 Å². The van der Waals surface area contributed by atoms with Gasteiger partial charge in [0.1, 0.15) is 0 Å². The van der Waals surface area contributed by atoms with Crippen LogP contribution in [0.15, 0.2) is 0 Å². The summed E-state index contributed by atoms with van der Waals surface area (Å²) in [5.74, 6) is 1.88. The summed E-state index contributed by atoms with van der Waals surface area (Å²) >= 11 is 0. The van der Waals surface area contributed by atoms with Crippen LogP contribution in [0, 0.1) is 11.8 Å². The molecule has 2 fully saturated rings. The third kappa shape index (κ3) is 13.3. The average Bonchev–Trinajstić information content (AvgIpc) is 2.21. The summed E-state index contributed by atoms with van der Waals surface area (Å²) in [6, 6.07) is 0. The minimum atomic E-state index is 0. The second kappa shape index (κ2) is 15.1. The summed E-state index contributed by atoms with van der Waals surface area (Å²) in [5.41, 5.74) is 0. The van der Waals surface area contributed by atoms with E-state index in [-0.39, 0.29) is 41.9 Å². The molecule has 0 atom stereocenters. The first-order valence-corrected chi connectivity index (χ1v) is 6.05. The van der Waals surface area contributed by atoms with Gasteiger partial charge in [0.15, 0.2) is 0 Å². The first-order chi connectivity index (χ1) is 6.79. The van der Waals surface area contributed by atoms with Gasteiger partial charge in [0.25, 0.3) is 0 Å². The van der Waals surface area contributed by atoms with E-state index in [1.807, 2.05) is 0 Å². The molecular weight excluding hydrogens is 307 g/mol. The van der Waals surface area contributed by atoms with Crippen molar-refractivity contribution in [2.75, 3.05) is 26.2 Å². The molecule has 2 aliphatic heterocycles. The molecule has 2 aliphatic rings. The van der Waals surface area contributed by atoms with Crippen molar-refractivity contribution in [3.05, 3.63) is 10.6 Å². The van der Waals surface area contributed by atoms with Crippen molar-refractivity contribution in [3.63, 3.8) is 0 Å². The van der Waals surface area contributed by atoms with Crippen LogP contribution in [0.5, 0.6) is 0 Å². The SMILES string of the molecule is CC1CC[N-]CC1.CC1CC[N-]CC1.[Cl-].[Cl-].[Cu+2]. The standard InChI is InChI=1S/2C6H12N.2ClH.Cu/c2*1-6-2-4-7-5-3-6;;;/h2*6H,2-5H2,1H3;2*1H;/q2*-1;;;+2/p-2. The predicted octanol–water partition coefficient (Wildman–Crippen LogP) is -2.41. The molecule has 0 N–H and O–H groups in total. The Bertz CT molecular complexity index is 122. The van der Waals surface area contributed by atoms with Crippen LogP contribution in [0.3, 0.4) is 0 Å². The zero-order valence-electron chi connectivity index (χ0n) is 10.8. The summed E-state index contributed by atoms with van der Waals surface area (Å²) in [6.07, 6.45) is 5.28. The van der Waals surface area contributed by atoms with Gasteiger partial charge in [-0.2, -0.15) is 0 Å². The molecule has 2 heterocycles. The molecule has 0 unspecified atom stereocenters. The number of halogens is 2. The molecule has 0 aromatic rings. The number of rotatable bonds is 0. The van der Waals surface area contributed by atoms with E-state index in [0.717, 1.165) is 38.0 Å². The number of nitrogens with zero attached hydrogens (tertiary/aromatic N) is 2. The fourth-order valence-corrected chi connectivity index (χ4v) is 1.76. The van der Waals surface area contributed by atoms with Crippen molar-refractivity contribution in [1.29, 1.82) is 0 Å². The Morgan fingerprint density at radius 2 is 0.882 bits per heavy atom. The monoisotopic (exact) mass is 329 g/mol. The summed E-state index contributed by atoms with van der Waals surface area (Å²) < 4.78 is 0. The normalized spacial score (nSPS) is 20.8. The Morgan fingerprint density at radius 1 is 0.647 bits per heavy atom. The second-order valence-electron chi connectivity index (χ2n) is 4.71. The Kier molecular flexibility index (Phi) is 20.5. The average molecular weight is 331 g/mol. The van der Waals surface area contributed by atoms with E-state index < -0.39 is 0 Å². The summed E-state index contributed by atoms with van der Waals surface area (Å²) in [5, 5.41) is 8.46. The van der Waals surface area contributed by atoms with Gasteiger partial charge in [0, 0.05) is 0 Å². The van der Waals surface area contributed by atoms with E-state index in [9.17, 15) is 0 Å². The van der Waals surface area contributed by atoms with Gasteiger partial charge < -0.3 is 35.4 Å². The van der Waals surface area contributed by atoms with Crippen LogP contribution in [0.2, 0.25) is 0 Å². The maximum Gasteiger partial charge on any atom is 2.00 e. The summed E-state index contributed by atoms with van der Waals surface area (Å²) in [6.45, 7) is 9.05. The van der Waals surface area contributed by atoms with Gasteiger partial charge in [-0.1, -0.05) is 39.5 Å². The molecule has 0 amide bonds. The second-order valence-corrected chi connectivity index (χ2v) is 4.71. The number of hydrogen-bond acceptors (Lipinski definition) is 0. The zero-order chi connectivity index (χ0) is 10.2. The van der Waals surface area contributed by atoms with Gasteiger partial charge in [-0.3, -0.25) is 0 Å². The molecule has 2 rings (SSSR count). The van der Waals surface area contributed by atoms with Crippen LogP contribution in [0.4, 0.5) is 0 Å². The molecule has 0 aromatic carbocycles. The molecule has 0 bridgehead atoms. The van der Waals surface area contributed by atoms with Gasteiger partial charge in [-0.25, -0.2) is 0 Å². The molecular formula is C12H24Cl2CuN2-2. The molecule has 2 saturated heterocycles. The van der Waals surface area contributed by atoms with Crippen molar-refractivity contribution in [2.24, 2.45) is 11.8 Å². The molecule has 109 valence electrons. The van der Waals surface area contributed by atoms with Gasteiger partial charge in [-0.05, 0) is 11.8 Å². The third-order valence-electron chi connectivity index (χ3n) is 3.12. The molecule has 1 radical (unpaired) electrons. The number of hydrogen-bond donors (Lipinski definition) is 0. The molecule has 2 nitrogen and oxygen atoms in total. The summed E-state index contributed by atoms with van der Waals surface area (Å²) in [4.78, 5) is 0.